The standard InChI is InChI=1S/C16H19NO4S/c1-3-10-8-11(16(20)21-4-2)15(22-10)17-9-12-13(18)6-5-7-14(12)19/h8-9,12H,3-7H2,1-2H3. The van der Waals surface area contributed by atoms with Crippen LogP contribution in [0.1, 0.15) is 48.3 Å². The molecule has 0 aliphatic heterocycles. The van der Waals surface area contributed by atoms with Crippen LogP contribution in [-0.2, 0) is 20.7 Å². The van der Waals surface area contributed by atoms with E-state index in [0.29, 0.717) is 36.4 Å². The van der Waals surface area contributed by atoms with Crippen LogP contribution < -0.4 is 0 Å². The van der Waals surface area contributed by atoms with Crippen molar-refractivity contribution < 1.29 is 19.1 Å². The molecule has 5 nitrogen and oxygen atoms in total. The highest BCUT2D eigenvalue weighted by Crippen LogP contribution is 2.32. The van der Waals surface area contributed by atoms with Crippen molar-refractivity contribution in [2.75, 3.05) is 6.61 Å². The van der Waals surface area contributed by atoms with Crippen molar-refractivity contribution in [3.63, 3.8) is 0 Å². The second-order valence-corrected chi connectivity index (χ2v) is 6.16. The molecule has 1 heterocycles. The lowest BCUT2D eigenvalue weighted by Crippen LogP contribution is -2.29. The Morgan fingerprint density at radius 1 is 1.36 bits per heavy atom. The first-order valence-corrected chi connectivity index (χ1v) is 8.27. The van der Waals surface area contributed by atoms with Crippen molar-refractivity contribution in [3.8, 4) is 0 Å². The van der Waals surface area contributed by atoms with E-state index in [1.165, 1.54) is 17.6 Å². The molecular weight excluding hydrogens is 302 g/mol. The van der Waals surface area contributed by atoms with Gasteiger partial charge in [-0.05, 0) is 25.8 Å². The van der Waals surface area contributed by atoms with Crippen LogP contribution >= 0.6 is 11.3 Å². The van der Waals surface area contributed by atoms with Gasteiger partial charge in [-0.3, -0.25) is 9.59 Å². The number of ether oxygens (including phenoxy) is 1. The molecule has 22 heavy (non-hydrogen) atoms. The highest BCUT2D eigenvalue weighted by molar-refractivity contribution is 7.16. The number of carbonyl (C=O) groups excluding carboxylic acids is 3. The molecule has 6 heteroatoms. The van der Waals surface area contributed by atoms with Gasteiger partial charge in [-0.1, -0.05) is 6.92 Å². The van der Waals surface area contributed by atoms with Crippen molar-refractivity contribution in [1.82, 2.24) is 0 Å². The van der Waals surface area contributed by atoms with E-state index < -0.39 is 11.9 Å². The zero-order chi connectivity index (χ0) is 16.1. The van der Waals surface area contributed by atoms with Crippen molar-refractivity contribution >= 4 is 40.1 Å². The topological polar surface area (TPSA) is 72.8 Å². The molecule has 0 unspecified atom stereocenters. The first kappa shape index (κ1) is 16.5. The van der Waals surface area contributed by atoms with Crippen molar-refractivity contribution in [2.45, 2.75) is 39.5 Å². The van der Waals surface area contributed by atoms with E-state index in [4.69, 9.17) is 4.74 Å². The zero-order valence-electron chi connectivity index (χ0n) is 12.8. The number of ketones is 2. The van der Waals surface area contributed by atoms with Crippen molar-refractivity contribution in [2.24, 2.45) is 10.9 Å². The monoisotopic (exact) mass is 321 g/mol. The number of esters is 1. The molecule has 1 aliphatic carbocycles. The Morgan fingerprint density at radius 2 is 2.05 bits per heavy atom. The molecule has 0 aromatic carbocycles. The Bertz CT molecular complexity index is 602. The Balaban J connectivity index is 2.25. The molecule has 1 aromatic heterocycles. The lowest BCUT2D eigenvalue weighted by molar-refractivity contribution is -0.132. The minimum Gasteiger partial charge on any atom is -0.462 e. The van der Waals surface area contributed by atoms with E-state index in [-0.39, 0.29) is 11.6 Å². The summed E-state index contributed by atoms with van der Waals surface area (Å²) in [7, 11) is 0. The van der Waals surface area contributed by atoms with Crippen molar-refractivity contribution in [3.05, 3.63) is 16.5 Å². The van der Waals surface area contributed by atoms with Crippen molar-refractivity contribution in [1.29, 1.82) is 0 Å². The summed E-state index contributed by atoms with van der Waals surface area (Å²) in [6.45, 7) is 4.02. The predicted octanol–water partition coefficient (Wildman–Crippen LogP) is 3.13. The van der Waals surface area contributed by atoms with E-state index in [2.05, 4.69) is 4.99 Å². The molecule has 1 aliphatic rings. The summed E-state index contributed by atoms with van der Waals surface area (Å²) in [6, 6.07) is 1.76. The van der Waals surface area contributed by atoms with Crippen LogP contribution in [0.15, 0.2) is 11.1 Å². The summed E-state index contributed by atoms with van der Waals surface area (Å²) in [5.41, 5.74) is 0.399. The highest BCUT2D eigenvalue weighted by atomic mass is 32.1. The molecule has 0 spiro atoms. The third kappa shape index (κ3) is 3.68. The molecule has 0 saturated heterocycles. The summed E-state index contributed by atoms with van der Waals surface area (Å²) < 4.78 is 5.02. The van der Waals surface area contributed by atoms with Crippen LogP contribution in [0.5, 0.6) is 0 Å². The van der Waals surface area contributed by atoms with Gasteiger partial charge in [-0.2, -0.15) is 0 Å². The van der Waals surface area contributed by atoms with Gasteiger partial charge in [0.2, 0.25) is 0 Å². The van der Waals surface area contributed by atoms with Gasteiger partial charge in [-0.25, -0.2) is 9.79 Å². The van der Waals surface area contributed by atoms with Crippen LogP contribution in [0.2, 0.25) is 0 Å². The lowest BCUT2D eigenvalue weighted by Gasteiger charge is -2.14. The van der Waals surface area contributed by atoms with Crippen LogP contribution in [0.3, 0.4) is 0 Å². The zero-order valence-corrected chi connectivity index (χ0v) is 13.6. The molecule has 1 fully saturated rings. The maximum absolute atomic E-state index is 12.0. The lowest BCUT2D eigenvalue weighted by atomic mass is 9.88. The van der Waals surface area contributed by atoms with E-state index in [1.807, 2.05) is 6.92 Å². The average molecular weight is 321 g/mol. The van der Waals surface area contributed by atoms with Gasteiger partial charge in [-0.15, -0.1) is 11.3 Å². The van der Waals surface area contributed by atoms with Crippen LogP contribution in [-0.4, -0.2) is 30.4 Å². The van der Waals surface area contributed by atoms with Gasteiger partial charge >= 0.3 is 5.97 Å². The first-order chi connectivity index (χ1) is 10.6. The van der Waals surface area contributed by atoms with Gasteiger partial charge in [0.05, 0.1) is 12.2 Å². The first-order valence-electron chi connectivity index (χ1n) is 7.46. The van der Waals surface area contributed by atoms with Gasteiger partial charge in [0.1, 0.15) is 22.5 Å². The van der Waals surface area contributed by atoms with E-state index in [0.717, 1.165) is 11.3 Å². The van der Waals surface area contributed by atoms with Gasteiger partial charge < -0.3 is 4.74 Å². The molecule has 0 radical (unpaired) electrons. The average Bonchev–Trinajstić information content (AvgIpc) is 2.90. The summed E-state index contributed by atoms with van der Waals surface area (Å²) in [6.07, 6.45) is 3.62. The van der Waals surface area contributed by atoms with Crippen LogP contribution in [0.4, 0.5) is 5.00 Å². The molecule has 2 rings (SSSR count). The molecule has 0 N–H and O–H groups in total. The molecule has 1 saturated carbocycles. The van der Waals surface area contributed by atoms with Crippen LogP contribution in [0.25, 0.3) is 0 Å². The number of hydrogen-bond acceptors (Lipinski definition) is 6. The van der Waals surface area contributed by atoms with Gasteiger partial charge in [0.15, 0.2) is 0 Å². The summed E-state index contributed by atoms with van der Waals surface area (Å²) in [4.78, 5) is 40.8. The number of carbonyl (C=O) groups is 3. The maximum atomic E-state index is 12.0. The fraction of sp³-hybridized carbons (Fsp3) is 0.500. The van der Waals surface area contributed by atoms with Gasteiger partial charge in [0, 0.05) is 23.9 Å². The second-order valence-electron chi connectivity index (χ2n) is 5.05. The van der Waals surface area contributed by atoms with E-state index >= 15 is 0 Å². The fourth-order valence-electron chi connectivity index (χ4n) is 2.29. The molecule has 0 atom stereocenters. The second kappa shape index (κ2) is 7.45. The molecule has 0 bridgehead atoms. The third-order valence-corrected chi connectivity index (χ3v) is 4.68. The fourth-order valence-corrected chi connectivity index (χ4v) is 3.23. The smallest absolute Gasteiger partial charge is 0.341 e. The maximum Gasteiger partial charge on any atom is 0.341 e. The predicted molar refractivity (Wildman–Crippen MR) is 85.2 cm³/mol. The molecule has 1 aromatic rings. The quantitative estimate of drug-likeness (QED) is 0.474. The Labute approximate surface area is 133 Å². The van der Waals surface area contributed by atoms with Crippen LogP contribution in [0, 0.1) is 5.92 Å². The Kier molecular flexibility index (Phi) is 5.60. The minimum absolute atomic E-state index is 0.0926. The third-order valence-electron chi connectivity index (χ3n) is 3.49. The SMILES string of the molecule is CCOC(=O)c1cc(CC)sc1N=CC1C(=O)CCCC1=O. The molecular formula is C16H19NO4S. The Hall–Kier alpha value is -1.82. The molecule has 118 valence electrons. The normalized spacial score (nSPS) is 16.5. The summed E-state index contributed by atoms with van der Waals surface area (Å²) in [5, 5.41) is 0.501. The van der Waals surface area contributed by atoms with E-state index in [1.54, 1.807) is 13.0 Å². The highest BCUT2D eigenvalue weighted by Gasteiger charge is 2.28. The minimum atomic E-state index is -0.768. The van der Waals surface area contributed by atoms with E-state index in [9.17, 15) is 14.4 Å². The largest absolute Gasteiger partial charge is 0.462 e. The summed E-state index contributed by atoms with van der Waals surface area (Å²) >= 11 is 1.38. The number of nitrogens with zero attached hydrogens (tertiary/aromatic N) is 1. The Morgan fingerprint density at radius 3 is 2.64 bits per heavy atom. The molecule has 0 amide bonds. The summed E-state index contributed by atoms with van der Waals surface area (Å²) in [5.74, 6) is -1.38. The number of Topliss-reactive ketones (excluding diaryl/α,β-unsaturated/α-hetero) is 2. The number of rotatable bonds is 5. The number of aryl methyl sites for hydroxylation is 1. The van der Waals surface area contributed by atoms with Gasteiger partial charge in [0.25, 0.3) is 0 Å². The number of thiophene rings is 1. The number of hydrogen-bond donors (Lipinski definition) is 0. The number of aliphatic imine (C=N–C) groups is 1.